The normalized spacial score (nSPS) is 10.9. The Morgan fingerprint density at radius 2 is 1.94 bits per heavy atom. The molecule has 3 rings (SSSR count). The van der Waals surface area contributed by atoms with Crippen LogP contribution in [0.2, 0.25) is 10.0 Å². The third-order valence-electron chi connectivity index (χ3n) is 4.58. The van der Waals surface area contributed by atoms with Crippen molar-refractivity contribution in [1.82, 2.24) is 20.2 Å². The number of anilines is 1. The average molecular weight is 533 g/mol. The molecule has 0 saturated heterocycles. The van der Waals surface area contributed by atoms with Crippen LogP contribution in [0.15, 0.2) is 41.6 Å². The van der Waals surface area contributed by atoms with E-state index in [2.05, 4.69) is 58.2 Å². The second kappa shape index (κ2) is 11.4. The molecule has 0 spiro atoms. The van der Waals surface area contributed by atoms with E-state index in [4.69, 9.17) is 28.9 Å². The Morgan fingerprint density at radius 3 is 2.60 bits per heavy atom. The number of nitrogens with zero attached hydrogens (tertiary/aromatic N) is 4. The van der Waals surface area contributed by atoms with Gasteiger partial charge in [-0.3, -0.25) is 4.79 Å². The molecule has 2 amide bonds. The zero-order valence-corrected chi connectivity index (χ0v) is 21.5. The Hall–Kier alpha value is -3.26. The molecule has 0 fully saturated rings. The number of hydrogen-bond acceptors (Lipinski definition) is 7. The summed E-state index contributed by atoms with van der Waals surface area (Å²) in [6.07, 6.45) is -0.899. The van der Waals surface area contributed by atoms with Gasteiger partial charge in [0.15, 0.2) is 6.61 Å². The minimum Gasteiger partial charge on any atom is -0.437 e. The Kier molecular flexibility index (Phi) is 8.62. The summed E-state index contributed by atoms with van der Waals surface area (Å²) in [4.78, 5) is 23.0. The monoisotopic (exact) mass is 532 g/mol. The summed E-state index contributed by atoms with van der Waals surface area (Å²) in [5, 5.41) is 15.7. The number of amides is 2. The van der Waals surface area contributed by atoms with Crippen molar-refractivity contribution in [2.45, 2.75) is 31.3 Å². The molecule has 182 valence electrons. The van der Waals surface area contributed by atoms with E-state index in [1.165, 1.54) is 4.68 Å². The third kappa shape index (κ3) is 7.36. The fraction of sp³-hybridized carbons (Fsp3) is 0.261. The van der Waals surface area contributed by atoms with E-state index in [-0.39, 0.29) is 23.7 Å². The van der Waals surface area contributed by atoms with E-state index in [9.17, 15) is 9.59 Å². The van der Waals surface area contributed by atoms with Crippen LogP contribution in [0.1, 0.15) is 31.9 Å². The highest BCUT2D eigenvalue weighted by molar-refractivity contribution is 7.99. The first kappa shape index (κ1) is 26.3. The molecule has 0 aliphatic rings. The number of carbonyl (C=O) groups excluding carboxylic acids is 2. The zero-order valence-electron chi connectivity index (χ0n) is 19.1. The summed E-state index contributed by atoms with van der Waals surface area (Å²) in [5.41, 5.74) is 7.54. The maximum Gasteiger partial charge on any atom is 0.405 e. The lowest BCUT2D eigenvalue weighted by Crippen LogP contribution is -2.15. The molecule has 0 unspecified atom stereocenters. The topological polar surface area (TPSA) is 125 Å². The molecule has 0 bridgehead atoms. The number of nitrogens with two attached hydrogens (primary N) is 1. The maximum atomic E-state index is 12.5. The summed E-state index contributed by atoms with van der Waals surface area (Å²) in [6.45, 7) is 6.17. The zero-order chi connectivity index (χ0) is 25.6. The molecular formula is C23H22Cl2N6O3S. The van der Waals surface area contributed by atoms with Gasteiger partial charge < -0.3 is 15.8 Å². The molecule has 3 aromatic rings. The maximum absolute atomic E-state index is 12.5. The molecule has 3 N–H and O–H groups in total. The summed E-state index contributed by atoms with van der Waals surface area (Å²) in [7, 11) is 0. The van der Waals surface area contributed by atoms with Gasteiger partial charge in [0, 0.05) is 5.56 Å². The van der Waals surface area contributed by atoms with Gasteiger partial charge in [0.2, 0.25) is 11.1 Å². The van der Waals surface area contributed by atoms with Crippen molar-refractivity contribution in [3.8, 4) is 17.5 Å². The predicted molar refractivity (Wildman–Crippen MR) is 136 cm³/mol. The highest BCUT2D eigenvalue weighted by atomic mass is 35.5. The second-order valence-electron chi connectivity index (χ2n) is 8.23. The second-order valence-corrected chi connectivity index (χ2v) is 9.99. The van der Waals surface area contributed by atoms with Crippen LogP contribution < -0.4 is 11.1 Å². The molecule has 0 atom stereocenters. The van der Waals surface area contributed by atoms with Crippen molar-refractivity contribution < 1.29 is 14.3 Å². The molecule has 0 radical (unpaired) electrons. The van der Waals surface area contributed by atoms with Crippen LogP contribution in [0.4, 0.5) is 10.5 Å². The Labute approximate surface area is 216 Å². The molecule has 1 aromatic heterocycles. The summed E-state index contributed by atoms with van der Waals surface area (Å²) in [6, 6.07) is 10.6. The van der Waals surface area contributed by atoms with Gasteiger partial charge in [0.05, 0.1) is 27.2 Å². The first-order valence-electron chi connectivity index (χ1n) is 10.3. The van der Waals surface area contributed by atoms with E-state index in [0.717, 1.165) is 17.3 Å². The number of benzene rings is 2. The standard InChI is InChI=1S/C23H22Cl2N6O3S/c1-23(2,3)15-7-9-19(17(25)12-15)31-22(28-29-30-31)35-13-20(32)27-18-8-6-14(11-16(18)24)5-4-10-34-21(26)33/h6-9,11-12H,10,13H2,1-3H3,(H2,26,33)(H,27,32). The largest absolute Gasteiger partial charge is 0.437 e. The van der Waals surface area contributed by atoms with Gasteiger partial charge in [-0.1, -0.05) is 73.6 Å². The lowest BCUT2D eigenvalue weighted by molar-refractivity contribution is -0.113. The van der Waals surface area contributed by atoms with Gasteiger partial charge in [0.1, 0.15) is 0 Å². The highest BCUT2D eigenvalue weighted by Crippen LogP contribution is 2.30. The number of thioether (sulfide) groups is 1. The molecule has 2 aromatic carbocycles. The molecule has 12 heteroatoms. The number of tetrazole rings is 1. The van der Waals surface area contributed by atoms with Gasteiger partial charge in [-0.25, -0.2) is 4.79 Å². The Morgan fingerprint density at radius 1 is 1.17 bits per heavy atom. The fourth-order valence-electron chi connectivity index (χ4n) is 2.82. The van der Waals surface area contributed by atoms with Crippen LogP contribution in [0.3, 0.4) is 0 Å². The number of primary amides is 1. The Bertz CT molecular complexity index is 1310. The summed E-state index contributed by atoms with van der Waals surface area (Å²) < 4.78 is 6.03. The van der Waals surface area contributed by atoms with E-state index >= 15 is 0 Å². The summed E-state index contributed by atoms with van der Waals surface area (Å²) >= 11 is 13.9. The van der Waals surface area contributed by atoms with Gasteiger partial charge in [-0.15, -0.1) is 5.10 Å². The number of hydrogen-bond donors (Lipinski definition) is 2. The first-order chi connectivity index (χ1) is 16.5. The van der Waals surface area contributed by atoms with E-state index in [0.29, 0.717) is 32.1 Å². The molecule has 35 heavy (non-hydrogen) atoms. The smallest absolute Gasteiger partial charge is 0.405 e. The lowest BCUT2D eigenvalue weighted by atomic mass is 9.87. The number of ether oxygens (including phenoxy) is 1. The van der Waals surface area contributed by atoms with Crippen LogP contribution >= 0.6 is 35.0 Å². The van der Waals surface area contributed by atoms with Gasteiger partial charge >= 0.3 is 6.09 Å². The highest BCUT2D eigenvalue weighted by Gasteiger charge is 2.18. The predicted octanol–water partition coefficient (Wildman–Crippen LogP) is 4.44. The molecule has 9 nitrogen and oxygen atoms in total. The van der Waals surface area contributed by atoms with Crippen LogP contribution in [-0.4, -0.2) is 44.6 Å². The van der Waals surface area contributed by atoms with Crippen molar-refractivity contribution >= 4 is 52.7 Å². The number of halogens is 2. The number of nitrogens with one attached hydrogen (secondary N) is 1. The number of carbonyl (C=O) groups is 2. The minimum absolute atomic E-state index is 0.0421. The minimum atomic E-state index is -0.899. The summed E-state index contributed by atoms with van der Waals surface area (Å²) in [5.74, 6) is 5.16. The van der Waals surface area contributed by atoms with Crippen molar-refractivity contribution in [1.29, 1.82) is 0 Å². The van der Waals surface area contributed by atoms with Crippen LogP contribution in [-0.2, 0) is 14.9 Å². The number of rotatable bonds is 6. The molecule has 0 aliphatic heterocycles. The van der Waals surface area contributed by atoms with Gasteiger partial charge in [-0.05, 0) is 51.7 Å². The third-order valence-corrected chi connectivity index (χ3v) is 6.11. The molecule has 0 saturated carbocycles. The van der Waals surface area contributed by atoms with Crippen molar-refractivity contribution in [2.75, 3.05) is 17.7 Å². The quantitative estimate of drug-likeness (QED) is 0.354. The fourth-order valence-corrected chi connectivity index (χ4v) is 3.99. The first-order valence-corrected chi connectivity index (χ1v) is 12.0. The number of aromatic nitrogens is 4. The van der Waals surface area contributed by atoms with E-state index in [1.807, 2.05) is 18.2 Å². The molecule has 1 heterocycles. The Balaban J connectivity index is 1.63. The van der Waals surface area contributed by atoms with Crippen molar-refractivity contribution in [3.05, 3.63) is 57.6 Å². The van der Waals surface area contributed by atoms with E-state index < -0.39 is 6.09 Å². The lowest BCUT2D eigenvalue weighted by Gasteiger charge is -2.20. The van der Waals surface area contributed by atoms with Crippen molar-refractivity contribution in [3.63, 3.8) is 0 Å². The average Bonchev–Trinajstić information content (AvgIpc) is 3.24. The van der Waals surface area contributed by atoms with Crippen LogP contribution in [0, 0.1) is 11.8 Å². The van der Waals surface area contributed by atoms with E-state index in [1.54, 1.807) is 18.2 Å². The van der Waals surface area contributed by atoms with Crippen LogP contribution in [0.5, 0.6) is 0 Å². The van der Waals surface area contributed by atoms with Gasteiger partial charge in [-0.2, -0.15) is 4.68 Å². The molecule has 0 aliphatic carbocycles. The SMILES string of the molecule is CC(C)(C)c1ccc(-n2nnnc2SCC(=O)Nc2ccc(C#CCOC(N)=O)cc2Cl)c(Cl)c1. The molecular weight excluding hydrogens is 511 g/mol. The van der Waals surface area contributed by atoms with Crippen LogP contribution in [0.25, 0.3) is 5.69 Å². The van der Waals surface area contributed by atoms with Gasteiger partial charge in [0.25, 0.3) is 0 Å². The van der Waals surface area contributed by atoms with Crippen molar-refractivity contribution in [2.24, 2.45) is 5.73 Å².